The molecule has 8 heteroatoms. The van der Waals surface area contributed by atoms with Crippen LogP contribution in [0.3, 0.4) is 0 Å². The number of allylic oxidation sites excluding steroid dienone is 1. The summed E-state index contributed by atoms with van der Waals surface area (Å²) in [5, 5.41) is 0. The molecule has 0 aliphatic carbocycles. The smallest absolute Gasteiger partial charge is 0.246 e. The highest BCUT2D eigenvalue weighted by Gasteiger charge is 2.34. The molecular formula is C23H23N5O3. The molecule has 0 spiro atoms. The van der Waals surface area contributed by atoms with Gasteiger partial charge in [0.1, 0.15) is 28.5 Å². The third kappa shape index (κ3) is 3.90. The molecule has 1 amide bonds. The molecule has 0 bridgehead atoms. The third-order valence-corrected chi connectivity index (χ3v) is 5.15. The van der Waals surface area contributed by atoms with E-state index in [0.29, 0.717) is 41.6 Å². The highest BCUT2D eigenvalue weighted by atomic mass is 16.5. The maximum Gasteiger partial charge on any atom is 0.246 e. The number of aromatic nitrogens is 3. The van der Waals surface area contributed by atoms with Crippen LogP contribution >= 0.6 is 0 Å². The van der Waals surface area contributed by atoms with Crippen LogP contribution < -0.4 is 15.2 Å². The van der Waals surface area contributed by atoms with Gasteiger partial charge in [0.2, 0.25) is 5.91 Å². The lowest BCUT2D eigenvalue weighted by atomic mass is 9.99. The number of hydrogen-bond acceptors (Lipinski definition) is 6. The molecule has 0 saturated carbocycles. The maximum atomic E-state index is 12.0. The summed E-state index contributed by atoms with van der Waals surface area (Å²) in [6.07, 6.45) is 6.78. The zero-order valence-corrected chi connectivity index (χ0v) is 17.6. The van der Waals surface area contributed by atoms with E-state index in [1.54, 1.807) is 43.5 Å². The number of methoxy groups -OCH3 is 2. The van der Waals surface area contributed by atoms with Crippen LogP contribution in [-0.2, 0) is 4.79 Å². The molecule has 31 heavy (non-hydrogen) atoms. The van der Waals surface area contributed by atoms with Crippen LogP contribution in [0.2, 0.25) is 0 Å². The van der Waals surface area contributed by atoms with Crippen molar-refractivity contribution in [3.8, 4) is 23.3 Å². The second-order valence-corrected chi connectivity index (χ2v) is 7.14. The van der Waals surface area contributed by atoms with E-state index in [4.69, 9.17) is 20.2 Å². The molecule has 1 aromatic carbocycles. The summed E-state index contributed by atoms with van der Waals surface area (Å²) in [6, 6.07) is 5.44. The predicted octanol–water partition coefficient (Wildman–Crippen LogP) is 2.23. The zero-order valence-electron chi connectivity index (χ0n) is 17.6. The number of nitrogens with zero attached hydrogens (tertiary/aromatic N) is 4. The topological polar surface area (TPSA) is 95.0 Å². The van der Waals surface area contributed by atoms with Crippen molar-refractivity contribution in [1.82, 2.24) is 19.3 Å². The molecule has 0 atom stereocenters. The van der Waals surface area contributed by atoms with E-state index >= 15 is 0 Å². The summed E-state index contributed by atoms with van der Waals surface area (Å²) in [4.78, 5) is 22.8. The van der Waals surface area contributed by atoms with Gasteiger partial charge in [-0.25, -0.2) is 9.97 Å². The van der Waals surface area contributed by atoms with Crippen molar-refractivity contribution in [2.75, 3.05) is 33.0 Å². The van der Waals surface area contributed by atoms with Crippen LogP contribution in [0, 0.1) is 11.8 Å². The SMILES string of the molecule is CC=CC(=O)N1CC(c2nc(C#Cc3cc(OC)cc(OC)c3)c3c(N)nccn23)C1. The van der Waals surface area contributed by atoms with Crippen LogP contribution in [-0.4, -0.2) is 52.5 Å². The van der Waals surface area contributed by atoms with Gasteiger partial charge in [0.05, 0.1) is 20.1 Å². The Balaban J connectivity index is 1.70. The van der Waals surface area contributed by atoms with Gasteiger partial charge in [-0.3, -0.25) is 9.20 Å². The second kappa shape index (κ2) is 8.40. The Hall–Kier alpha value is -3.99. The standard InChI is InChI=1S/C23H23N5O3/c1-4-5-20(29)27-13-16(14-27)23-26-19(21-22(24)25-8-9-28(21)23)7-6-15-10-17(30-2)12-18(11-15)31-3/h4-5,8-12,16H,13-14H2,1-3H3,(H2,24,25). The Kier molecular flexibility index (Phi) is 5.50. The van der Waals surface area contributed by atoms with E-state index in [1.165, 1.54) is 0 Å². The number of benzene rings is 1. The number of carbonyl (C=O) groups excluding carboxylic acids is 1. The van der Waals surface area contributed by atoms with Crippen molar-refractivity contribution < 1.29 is 14.3 Å². The highest BCUT2D eigenvalue weighted by Crippen LogP contribution is 2.29. The van der Waals surface area contributed by atoms with E-state index in [-0.39, 0.29) is 11.8 Å². The first-order valence-electron chi connectivity index (χ1n) is 9.83. The molecule has 158 valence electrons. The van der Waals surface area contributed by atoms with E-state index in [9.17, 15) is 4.79 Å². The average molecular weight is 417 g/mol. The minimum absolute atomic E-state index is 0.00720. The Morgan fingerprint density at radius 2 is 1.90 bits per heavy atom. The number of nitrogens with two attached hydrogens (primary N) is 1. The van der Waals surface area contributed by atoms with Crippen molar-refractivity contribution in [2.45, 2.75) is 12.8 Å². The molecular weight excluding hydrogens is 394 g/mol. The molecule has 3 aromatic rings. The molecule has 1 aliphatic heterocycles. The van der Waals surface area contributed by atoms with E-state index < -0.39 is 0 Å². The number of imidazole rings is 1. The number of nitrogen functional groups attached to an aromatic ring is 1. The quantitative estimate of drug-likeness (QED) is 0.517. The van der Waals surface area contributed by atoms with Crippen molar-refractivity contribution in [2.24, 2.45) is 0 Å². The fourth-order valence-corrected chi connectivity index (χ4v) is 3.54. The second-order valence-electron chi connectivity index (χ2n) is 7.14. The molecule has 1 aliphatic rings. The van der Waals surface area contributed by atoms with Gasteiger partial charge in [-0.1, -0.05) is 12.0 Å². The highest BCUT2D eigenvalue weighted by molar-refractivity contribution is 5.88. The minimum Gasteiger partial charge on any atom is -0.497 e. The molecule has 2 N–H and O–H groups in total. The Morgan fingerprint density at radius 3 is 2.55 bits per heavy atom. The third-order valence-electron chi connectivity index (χ3n) is 5.15. The number of anilines is 1. The van der Waals surface area contributed by atoms with Crippen LogP contribution in [0.25, 0.3) is 5.52 Å². The lowest BCUT2D eigenvalue weighted by molar-refractivity contribution is -0.130. The Bertz CT molecular complexity index is 1210. The first-order valence-corrected chi connectivity index (χ1v) is 9.83. The van der Waals surface area contributed by atoms with Gasteiger partial charge in [-0.15, -0.1) is 0 Å². The van der Waals surface area contributed by atoms with Gasteiger partial charge < -0.3 is 20.1 Å². The molecule has 0 radical (unpaired) electrons. The normalized spacial score (nSPS) is 13.7. The first-order chi connectivity index (χ1) is 15.0. The largest absolute Gasteiger partial charge is 0.497 e. The lowest BCUT2D eigenvalue weighted by Gasteiger charge is -2.37. The summed E-state index contributed by atoms with van der Waals surface area (Å²) in [5.74, 6) is 8.84. The molecule has 1 fully saturated rings. The molecule has 3 heterocycles. The fraction of sp³-hybridized carbons (Fsp3) is 0.261. The summed E-state index contributed by atoms with van der Waals surface area (Å²) in [6.45, 7) is 3.03. The van der Waals surface area contributed by atoms with Crippen LogP contribution in [0.1, 0.15) is 29.9 Å². The van der Waals surface area contributed by atoms with Gasteiger partial charge in [0.15, 0.2) is 5.82 Å². The van der Waals surface area contributed by atoms with Crippen molar-refractivity contribution in [3.63, 3.8) is 0 Å². The number of carbonyl (C=O) groups is 1. The van der Waals surface area contributed by atoms with Gasteiger partial charge in [-0.05, 0) is 31.1 Å². The van der Waals surface area contributed by atoms with Gasteiger partial charge in [0.25, 0.3) is 0 Å². The number of amides is 1. The summed E-state index contributed by atoms with van der Waals surface area (Å²) in [5.41, 5.74) is 8.09. The summed E-state index contributed by atoms with van der Waals surface area (Å²) in [7, 11) is 3.19. The van der Waals surface area contributed by atoms with Gasteiger partial charge in [-0.2, -0.15) is 0 Å². The van der Waals surface area contributed by atoms with Crippen molar-refractivity contribution in [1.29, 1.82) is 0 Å². The number of likely N-dealkylation sites (tertiary alicyclic amines) is 1. The number of hydrogen-bond donors (Lipinski definition) is 1. The lowest BCUT2D eigenvalue weighted by Crippen LogP contribution is -2.48. The minimum atomic E-state index is 0.00720. The molecule has 2 aromatic heterocycles. The van der Waals surface area contributed by atoms with Crippen LogP contribution in [0.15, 0.2) is 42.7 Å². The first kappa shape index (κ1) is 20.3. The Morgan fingerprint density at radius 1 is 1.19 bits per heavy atom. The number of ether oxygens (including phenoxy) is 2. The fourth-order valence-electron chi connectivity index (χ4n) is 3.54. The summed E-state index contributed by atoms with van der Waals surface area (Å²) < 4.78 is 12.5. The van der Waals surface area contributed by atoms with E-state index in [0.717, 1.165) is 11.4 Å². The van der Waals surface area contributed by atoms with E-state index in [1.807, 2.05) is 29.7 Å². The van der Waals surface area contributed by atoms with E-state index in [2.05, 4.69) is 16.8 Å². The summed E-state index contributed by atoms with van der Waals surface area (Å²) >= 11 is 0. The zero-order chi connectivity index (χ0) is 22.0. The Labute approximate surface area is 180 Å². The van der Waals surface area contributed by atoms with Gasteiger partial charge >= 0.3 is 0 Å². The molecule has 0 unspecified atom stereocenters. The monoisotopic (exact) mass is 417 g/mol. The maximum absolute atomic E-state index is 12.0. The average Bonchev–Trinajstić information content (AvgIpc) is 3.10. The molecule has 8 nitrogen and oxygen atoms in total. The predicted molar refractivity (Wildman–Crippen MR) is 117 cm³/mol. The number of fused-ring (bicyclic) bond motifs is 1. The van der Waals surface area contributed by atoms with Crippen LogP contribution in [0.5, 0.6) is 11.5 Å². The molecule has 1 saturated heterocycles. The van der Waals surface area contributed by atoms with Crippen molar-refractivity contribution in [3.05, 3.63) is 59.8 Å². The van der Waals surface area contributed by atoms with Gasteiger partial charge in [0, 0.05) is 37.1 Å². The molecule has 4 rings (SSSR count). The van der Waals surface area contributed by atoms with Crippen molar-refractivity contribution >= 4 is 17.2 Å². The van der Waals surface area contributed by atoms with Crippen LogP contribution in [0.4, 0.5) is 5.82 Å². The number of rotatable bonds is 4.